The standard InChI is InChI=1S/C14H14F2N4O/c1-2-5-18-13-8-17-7-12(19-13)14(21)20-11-4-3-9(15)6-10(11)16/h3-4,6-8H,2,5H2,1H3,(H,18,19)(H,20,21). The molecule has 0 fully saturated rings. The van der Waals surface area contributed by atoms with Gasteiger partial charge in [-0.1, -0.05) is 6.92 Å². The number of anilines is 2. The Morgan fingerprint density at radius 2 is 2.10 bits per heavy atom. The number of benzene rings is 1. The summed E-state index contributed by atoms with van der Waals surface area (Å²) in [6.07, 6.45) is 3.66. The predicted molar refractivity (Wildman–Crippen MR) is 75.1 cm³/mol. The van der Waals surface area contributed by atoms with Crippen LogP contribution in [0.3, 0.4) is 0 Å². The van der Waals surface area contributed by atoms with Gasteiger partial charge in [0.1, 0.15) is 23.1 Å². The Kier molecular flexibility index (Phi) is 4.76. The molecule has 2 N–H and O–H groups in total. The van der Waals surface area contributed by atoms with E-state index in [9.17, 15) is 13.6 Å². The number of nitrogens with one attached hydrogen (secondary N) is 2. The minimum atomic E-state index is -0.850. The number of carbonyl (C=O) groups excluding carboxylic acids is 1. The van der Waals surface area contributed by atoms with Gasteiger partial charge in [0.2, 0.25) is 0 Å². The number of nitrogens with zero attached hydrogens (tertiary/aromatic N) is 2. The highest BCUT2D eigenvalue weighted by Gasteiger charge is 2.12. The van der Waals surface area contributed by atoms with Crippen molar-refractivity contribution in [1.82, 2.24) is 9.97 Å². The third kappa shape index (κ3) is 3.95. The fraction of sp³-hybridized carbons (Fsp3) is 0.214. The van der Waals surface area contributed by atoms with Gasteiger partial charge >= 0.3 is 0 Å². The molecule has 0 aliphatic carbocycles. The van der Waals surface area contributed by atoms with E-state index in [0.717, 1.165) is 18.6 Å². The van der Waals surface area contributed by atoms with Crippen LogP contribution in [0, 0.1) is 11.6 Å². The maximum atomic E-state index is 13.5. The number of carbonyl (C=O) groups is 1. The number of aromatic nitrogens is 2. The second-order valence-electron chi connectivity index (χ2n) is 4.29. The second kappa shape index (κ2) is 6.74. The molecule has 5 nitrogen and oxygen atoms in total. The quantitative estimate of drug-likeness (QED) is 0.889. The molecule has 7 heteroatoms. The molecular formula is C14H14F2N4O. The number of hydrogen-bond acceptors (Lipinski definition) is 4. The first-order chi connectivity index (χ1) is 10.1. The van der Waals surface area contributed by atoms with Gasteiger partial charge < -0.3 is 10.6 Å². The first-order valence-electron chi connectivity index (χ1n) is 6.42. The Balaban J connectivity index is 2.12. The van der Waals surface area contributed by atoms with E-state index >= 15 is 0 Å². The number of hydrogen-bond donors (Lipinski definition) is 2. The second-order valence-corrected chi connectivity index (χ2v) is 4.29. The van der Waals surface area contributed by atoms with Gasteiger partial charge in [-0.3, -0.25) is 9.78 Å². The first kappa shape index (κ1) is 14.8. The summed E-state index contributed by atoms with van der Waals surface area (Å²) >= 11 is 0. The van der Waals surface area contributed by atoms with Crippen LogP contribution in [0.5, 0.6) is 0 Å². The molecule has 0 saturated carbocycles. The van der Waals surface area contributed by atoms with Crippen LogP contribution in [0.2, 0.25) is 0 Å². The molecule has 2 aromatic rings. The van der Waals surface area contributed by atoms with Crippen molar-refractivity contribution in [3.63, 3.8) is 0 Å². The monoisotopic (exact) mass is 292 g/mol. The van der Waals surface area contributed by atoms with Gasteiger partial charge in [-0.25, -0.2) is 13.8 Å². The van der Waals surface area contributed by atoms with Crippen LogP contribution in [0.15, 0.2) is 30.6 Å². The van der Waals surface area contributed by atoms with Gasteiger partial charge in [0.25, 0.3) is 5.91 Å². The normalized spacial score (nSPS) is 10.2. The van der Waals surface area contributed by atoms with Crippen molar-refractivity contribution in [2.45, 2.75) is 13.3 Å². The van der Waals surface area contributed by atoms with E-state index in [1.165, 1.54) is 12.4 Å². The summed E-state index contributed by atoms with van der Waals surface area (Å²) in [5.41, 5.74) is -0.0741. The summed E-state index contributed by atoms with van der Waals surface area (Å²) in [6.45, 7) is 2.70. The molecule has 1 aromatic carbocycles. The van der Waals surface area contributed by atoms with Crippen molar-refractivity contribution >= 4 is 17.4 Å². The lowest BCUT2D eigenvalue weighted by atomic mass is 10.3. The van der Waals surface area contributed by atoms with Crippen molar-refractivity contribution < 1.29 is 13.6 Å². The summed E-state index contributed by atoms with van der Waals surface area (Å²) in [6, 6.07) is 2.90. The lowest BCUT2D eigenvalue weighted by molar-refractivity contribution is 0.102. The highest BCUT2D eigenvalue weighted by molar-refractivity contribution is 6.02. The van der Waals surface area contributed by atoms with E-state index in [0.29, 0.717) is 18.4 Å². The fourth-order valence-corrected chi connectivity index (χ4v) is 1.59. The molecule has 0 atom stereocenters. The van der Waals surface area contributed by atoms with E-state index in [2.05, 4.69) is 20.6 Å². The summed E-state index contributed by atoms with van der Waals surface area (Å²) in [5.74, 6) is -1.72. The first-order valence-corrected chi connectivity index (χ1v) is 6.42. The maximum absolute atomic E-state index is 13.5. The summed E-state index contributed by atoms with van der Waals surface area (Å²) in [4.78, 5) is 19.9. The zero-order valence-corrected chi connectivity index (χ0v) is 11.4. The molecule has 110 valence electrons. The average Bonchev–Trinajstić information content (AvgIpc) is 2.48. The van der Waals surface area contributed by atoms with Gasteiger partial charge in [-0.2, -0.15) is 0 Å². The molecule has 1 amide bonds. The van der Waals surface area contributed by atoms with Crippen molar-refractivity contribution in [1.29, 1.82) is 0 Å². The van der Waals surface area contributed by atoms with E-state index in [4.69, 9.17) is 0 Å². The predicted octanol–water partition coefficient (Wildman–Crippen LogP) is 2.83. The molecule has 0 aliphatic rings. The van der Waals surface area contributed by atoms with Crippen molar-refractivity contribution in [3.8, 4) is 0 Å². The minimum absolute atomic E-state index is 0.0415. The summed E-state index contributed by atoms with van der Waals surface area (Å²) < 4.78 is 26.3. The van der Waals surface area contributed by atoms with Crippen LogP contribution >= 0.6 is 0 Å². The lowest BCUT2D eigenvalue weighted by Crippen LogP contribution is -2.16. The van der Waals surface area contributed by atoms with Crippen LogP contribution in [0.1, 0.15) is 23.8 Å². The smallest absolute Gasteiger partial charge is 0.276 e. The topological polar surface area (TPSA) is 66.9 Å². The van der Waals surface area contributed by atoms with Gasteiger partial charge in [0.05, 0.1) is 18.1 Å². The van der Waals surface area contributed by atoms with Crippen LogP contribution in [0.4, 0.5) is 20.3 Å². The Hall–Kier alpha value is -2.57. The average molecular weight is 292 g/mol. The van der Waals surface area contributed by atoms with Gasteiger partial charge in [-0.15, -0.1) is 0 Å². The Labute approximate surface area is 120 Å². The third-order valence-electron chi connectivity index (χ3n) is 2.60. The van der Waals surface area contributed by atoms with Crippen LogP contribution in [0.25, 0.3) is 0 Å². The van der Waals surface area contributed by atoms with E-state index in [1.807, 2.05) is 6.92 Å². The molecule has 0 radical (unpaired) electrons. The molecule has 0 saturated heterocycles. The molecular weight excluding hydrogens is 278 g/mol. The Morgan fingerprint density at radius 3 is 2.81 bits per heavy atom. The highest BCUT2D eigenvalue weighted by Crippen LogP contribution is 2.15. The van der Waals surface area contributed by atoms with Crippen molar-refractivity contribution in [3.05, 3.63) is 47.9 Å². The molecule has 1 heterocycles. The molecule has 0 unspecified atom stereocenters. The lowest BCUT2D eigenvalue weighted by Gasteiger charge is -2.07. The van der Waals surface area contributed by atoms with Crippen LogP contribution in [-0.4, -0.2) is 22.4 Å². The van der Waals surface area contributed by atoms with Crippen molar-refractivity contribution in [2.24, 2.45) is 0 Å². The largest absolute Gasteiger partial charge is 0.369 e. The van der Waals surface area contributed by atoms with Gasteiger partial charge in [0.15, 0.2) is 0 Å². The molecule has 2 rings (SSSR count). The Morgan fingerprint density at radius 1 is 1.29 bits per heavy atom. The Bertz CT molecular complexity index is 649. The SMILES string of the molecule is CCCNc1cncc(C(=O)Nc2ccc(F)cc2F)n1. The van der Waals surface area contributed by atoms with Crippen molar-refractivity contribution in [2.75, 3.05) is 17.2 Å². The summed E-state index contributed by atoms with van der Waals surface area (Å²) in [5, 5.41) is 5.32. The number of halogens is 2. The molecule has 0 bridgehead atoms. The zero-order valence-electron chi connectivity index (χ0n) is 11.4. The van der Waals surface area contributed by atoms with E-state index in [1.54, 1.807) is 0 Å². The molecule has 1 aromatic heterocycles. The van der Waals surface area contributed by atoms with E-state index in [-0.39, 0.29) is 11.4 Å². The van der Waals surface area contributed by atoms with Crippen LogP contribution in [-0.2, 0) is 0 Å². The molecule has 21 heavy (non-hydrogen) atoms. The highest BCUT2D eigenvalue weighted by atomic mass is 19.1. The van der Waals surface area contributed by atoms with E-state index < -0.39 is 17.5 Å². The number of rotatable bonds is 5. The fourth-order valence-electron chi connectivity index (χ4n) is 1.59. The van der Waals surface area contributed by atoms with Crippen LogP contribution < -0.4 is 10.6 Å². The molecule has 0 spiro atoms. The number of amides is 1. The van der Waals surface area contributed by atoms with Gasteiger partial charge in [-0.05, 0) is 18.6 Å². The third-order valence-corrected chi connectivity index (χ3v) is 2.60. The minimum Gasteiger partial charge on any atom is -0.369 e. The zero-order chi connectivity index (χ0) is 15.2. The summed E-state index contributed by atoms with van der Waals surface area (Å²) in [7, 11) is 0. The van der Waals surface area contributed by atoms with Gasteiger partial charge in [0, 0.05) is 12.6 Å². The maximum Gasteiger partial charge on any atom is 0.276 e. The molecule has 0 aliphatic heterocycles.